The Morgan fingerprint density at radius 2 is 2.07 bits per heavy atom. The van der Waals surface area contributed by atoms with Crippen LogP contribution in [0.2, 0.25) is 0 Å². The zero-order valence-corrected chi connectivity index (χ0v) is 7.71. The number of rotatable bonds is 0. The smallest absolute Gasteiger partial charge is 0.397 e. The molecule has 0 bridgehead atoms. The van der Waals surface area contributed by atoms with Gasteiger partial charge in [-0.1, -0.05) is 0 Å². The van der Waals surface area contributed by atoms with Crippen LogP contribution in [-0.4, -0.2) is 14.6 Å². The maximum absolute atomic E-state index is 12.3. The number of halogens is 3. The molecular formula is C8H7F3N4. The van der Waals surface area contributed by atoms with Gasteiger partial charge in [0.2, 0.25) is 0 Å². The predicted octanol–water partition coefficient (Wildman–Crippen LogP) is 1.64. The fourth-order valence-corrected chi connectivity index (χ4v) is 1.30. The number of fused-ring (bicyclic) bond motifs is 1. The molecule has 0 aliphatic heterocycles. The lowest BCUT2D eigenvalue weighted by molar-refractivity contribution is -0.144. The Morgan fingerprint density at radius 1 is 1.40 bits per heavy atom. The summed E-state index contributed by atoms with van der Waals surface area (Å²) in [6.07, 6.45) is -3.24. The second kappa shape index (κ2) is 2.85. The van der Waals surface area contributed by atoms with Crippen LogP contribution in [0.3, 0.4) is 0 Å². The van der Waals surface area contributed by atoms with Gasteiger partial charge in [0.05, 0.1) is 11.9 Å². The molecule has 4 nitrogen and oxygen atoms in total. The summed E-state index contributed by atoms with van der Waals surface area (Å²) in [7, 11) is 0. The van der Waals surface area contributed by atoms with Gasteiger partial charge in [0.1, 0.15) is 0 Å². The van der Waals surface area contributed by atoms with E-state index in [0.29, 0.717) is 11.3 Å². The molecule has 0 atom stereocenters. The highest BCUT2D eigenvalue weighted by Gasteiger charge is 2.36. The standard InChI is InChI=1S/C8H7F3N4/c1-4-2-5(12)3-15-6(4)13-7(14-15)8(9,10)11/h2-3H,12H2,1H3. The van der Waals surface area contributed by atoms with Gasteiger partial charge in [-0.05, 0) is 18.6 Å². The molecule has 80 valence electrons. The van der Waals surface area contributed by atoms with Crippen molar-refractivity contribution >= 4 is 11.3 Å². The molecule has 2 aromatic heterocycles. The van der Waals surface area contributed by atoms with Crippen molar-refractivity contribution < 1.29 is 13.2 Å². The third-order valence-corrected chi connectivity index (χ3v) is 1.89. The maximum atomic E-state index is 12.3. The van der Waals surface area contributed by atoms with Gasteiger partial charge in [0.25, 0.3) is 5.82 Å². The van der Waals surface area contributed by atoms with Crippen molar-refractivity contribution in [1.29, 1.82) is 0 Å². The van der Waals surface area contributed by atoms with E-state index in [1.807, 2.05) is 0 Å². The molecule has 0 spiro atoms. The minimum absolute atomic E-state index is 0.163. The van der Waals surface area contributed by atoms with Crippen LogP contribution in [-0.2, 0) is 6.18 Å². The number of aromatic nitrogens is 3. The first-order valence-corrected chi connectivity index (χ1v) is 4.07. The lowest BCUT2D eigenvalue weighted by Crippen LogP contribution is -2.07. The normalized spacial score (nSPS) is 12.3. The first-order valence-electron chi connectivity index (χ1n) is 4.07. The monoisotopic (exact) mass is 216 g/mol. The molecule has 0 aliphatic rings. The van der Waals surface area contributed by atoms with Crippen LogP contribution in [0.5, 0.6) is 0 Å². The Balaban J connectivity index is 2.71. The number of nitrogens with two attached hydrogens (primary N) is 1. The lowest BCUT2D eigenvalue weighted by atomic mass is 10.3. The Bertz CT molecular complexity index is 514. The predicted molar refractivity (Wildman–Crippen MR) is 47.1 cm³/mol. The minimum Gasteiger partial charge on any atom is -0.397 e. The van der Waals surface area contributed by atoms with E-state index >= 15 is 0 Å². The SMILES string of the molecule is Cc1cc(N)cn2nc(C(F)(F)F)nc12. The van der Waals surface area contributed by atoms with E-state index < -0.39 is 12.0 Å². The molecule has 0 fully saturated rings. The number of aryl methyl sites for hydroxylation is 1. The fourth-order valence-electron chi connectivity index (χ4n) is 1.30. The van der Waals surface area contributed by atoms with Crippen molar-refractivity contribution in [2.24, 2.45) is 0 Å². The van der Waals surface area contributed by atoms with E-state index in [-0.39, 0.29) is 5.65 Å². The van der Waals surface area contributed by atoms with E-state index in [9.17, 15) is 13.2 Å². The summed E-state index contributed by atoms with van der Waals surface area (Å²) in [6, 6.07) is 1.55. The van der Waals surface area contributed by atoms with Gasteiger partial charge in [-0.3, -0.25) is 0 Å². The highest BCUT2D eigenvalue weighted by atomic mass is 19.4. The van der Waals surface area contributed by atoms with Crippen molar-refractivity contribution in [2.75, 3.05) is 5.73 Å². The van der Waals surface area contributed by atoms with Crippen molar-refractivity contribution in [1.82, 2.24) is 14.6 Å². The van der Waals surface area contributed by atoms with Crippen molar-refractivity contribution in [2.45, 2.75) is 13.1 Å². The molecular weight excluding hydrogens is 209 g/mol. The average Bonchev–Trinajstić information content (AvgIpc) is 2.46. The van der Waals surface area contributed by atoms with Crippen LogP contribution < -0.4 is 5.73 Å². The molecule has 0 saturated heterocycles. The van der Waals surface area contributed by atoms with Gasteiger partial charge in [-0.2, -0.15) is 13.2 Å². The second-order valence-corrected chi connectivity index (χ2v) is 3.16. The maximum Gasteiger partial charge on any atom is 0.453 e. The zero-order chi connectivity index (χ0) is 11.2. The number of pyridine rings is 1. The number of nitrogens with zero attached hydrogens (tertiary/aromatic N) is 3. The van der Waals surface area contributed by atoms with Crippen LogP contribution in [0.1, 0.15) is 11.4 Å². The topological polar surface area (TPSA) is 56.2 Å². The van der Waals surface area contributed by atoms with Crippen LogP contribution in [0.4, 0.5) is 18.9 Å². The summed E-state index contributed by atoms with van der Waals surface area (Å²) in [5.74, 6) is -1.16. The van der Waals surface area contributed by atoms with Gasteiger partial charge in [0.15, 0.2) is 5.65 Å². The molecule has 0 saturated carbocycles. The van der Waals surface area contributed by atoms with Crippen LogP contribution in [0.15, 0.2) is 12.3 Å². The summed E-state index contributed by atoms with van der Waals surface area (Å²) in [5, 5.41) is 3.31. The van der Waals surface area contributed by atoms with E-state index in [2.05, 4.69) is 10.1 Å². The number of alkyl halides is 3. The molecule has 0 radical (unpaired) electrons. The Morgan fingerprint density at radius 3 is 2.67 bits per heavy atom. The Hall–Kier alpha value is -1.79. The van der Waals surface area contributed by atoms with E-state index in [1.165, 1.54) is 6.20 Å². The van der Waals surface area contributed by atoms with E-state index in [1.54, 1.807) is 13.0 Å². The van der Waals surface area contributed by atoms with E-state index in [0.717, 1.165) is 4.52 Å². The molecule has 2 rings (SSSR count). The molecule has 0 unspecified atom stereocenters. The molecule has 2 N–H and O–H groups in total. The van der Waals surface area contributed by atoms with Gasteiger partial charge < -0.3 is 5.73 Å². The summed E-state index contributed by atoms with van der Waals surface area (Å²) in [6.45, 7) is 1.63. The molecule has 2 heterocycles. The first kappa shape index (κ1) is 9.75. The van der Waals surface area contributed by atoms with Crippen molar-refractivity contribution in [3.8, 4) is 0 Å². The average molecular weight is 216 g/mol. The summed E-state index contributed by atoms with van der Waals surface area (Å²) >= 11 is 0. The highest BCUT2D eigenvalue weighted by molar-refractivity contribution is 5.53. The van der Waals surface area contributed by atoms with E-state index in [4.69, 9.17) is 5.73 Å². The van der Waals surface area contributed by atoms with Crippen molar-refractivity contribution in [3.05, 3.63) is 23.7 Å². The minimum atomic E-state index is -4.53. The zero-order valence-electron chi connectivity index (χ0n) is 7.71. The molecule has 0 aromatic carbocycles. The van der Waals surface area contributed by atoms with Crippen LogP contribution in [0, 0.1) is 6.92 Å². The summed E-state index contributed by atoms with van der Waals surface area (Å²) in [5.41, 5.74) is 6.54. The summed E-state index contributed by atoms with van der Waals surface area (Å²) < 4.78 is 37.9. The number of hydrogen-bond acceptors (Lipinski definition) is 3. The molecule has 7 heteroatoms. The van der Waals surface area contributed by atoms with Gasteiger partial charge >= 0.3 is 6.18 Å². The third kappa shape index (κ3) is 1.60. The number of nitrogen functional groups attached to an aromatic ring is 1. The van der Waals surface area contributed by atoms with Crippen molar-refractivity contribution in [3.63, 3.8) is 0 Å². The highest BCUT2D eigenvalue weighted by Crippen LogP contribution is 2.27. The fraction of sp³-hybridized carbons (Fsp3) is 0.250. The van der Waals surface area contributed by atoms with Gasteiger partial charge in [0, 0.05) is 0 Å². The van der Waals surface area contributed by atoms with Crippen LogP contribution >= 0.6 is 0 Å². The molecule has 0 amide bonds. The third-order valence-electron chi connectivity index (χ3n) is 1.89. The Labute approximate surface area is 82.5 Å². The molecule has 0 aliphatic carbocycles. The Kier molecular flexibility index (Phi) is 1.85. The molecule has 2 aromatic rings. The van der Waals surface area contributed by atoms with Crippen LogP contribution in [0.25, 0.3) is 5.65 Å². The van der Waals surface area contributed by atoms with Gasteiger partial charge in [-0.25, -0.2) is 9.50 Å². The molecule has 15 heavy (non-hydrogen) atoms. The lowest BCUT2D eigenvalue weighted by Gasteiger charge is -1.97. The first-order chi connectivity index (χ1) is 6.88. The quantitative estimate of drug-likeness (QED) is 0.728. The largest absolute Gasteiger partial charge is 0.453 e. The second-order valence-electron chi connectivity index (χ2n) is 3.16. The number of anilines is 1. The number of hydrogen-bond donors (Lipinski definition) is 1. The summed E-state index contributed by atoms with van der Waals surface area (Å²) in [4.78, 5) is 3.40. The van der Waals surface area contributed by atoms with Gasteiger partial charge in [-0.15, -0.1) is 5.10 Å².